The Kier molecular flexibility index (Phi) is 6.52. The van der Waals surface area contributed by atoms with Gasteiger partial charge in [-0.2, -0.15) is 0 Å². The Hall–Kier alpha value is -2.65. The number of rotatable bonds is 7. The maximum absolute atomic E-state index is 12.2. The van der Waals surface area contributed by atoms with Gasteiger partial charge in [0.2, 0.25) is 0 Å². The first-order valence-corrected chi connectivity index (χ1v) is 8.16. The van der Waals surface area contributed by atoms with Crippen LogP contribution in [0.1, 0.15) is 16.8 Å². The molecule has 0 saturated carbocycles. The van der Waals surface area contributed by atoms with Crippen molar-refractivity contribution in [3.05, 3.63) is 35.3 Å². The number of methoxy groups -OCH3 is 1. The highest BCUT2D eigenvalue weighted by molar-refractivity contribution is 7.13. The van der Waals surface area contributed by atoms with E-state index >= 15 is 0 Å². The summed E-state index contributed by atoms with van der Waals surface area (Å²) in [6, 6.07) is 4.39. The number of aromatic nitrogens is 1. The normalized spacial score (nSPS) is 10.1. The number of nitrogens with one attached hydrogen (secondary N) is 3. The van der Waals surface area contributed by atoms with Gasteiger partial charge in [0, 0.05) is 23.8 Å². The largest absolute Gasteiger partial charge is 0.496 e. The zero-order chi connectivity index (χ0) is 17.4. The maximum Gasteiger partial charge on any atom is 0.325 e. The van der Waals surface area contributed by atoms with Crippen LogP contribution in [-0.2, 0) is 0 Å². The van der Waals surface area contributed by atoms with Gasteiger partial charge in [0.25, 0.3) is 5.91 Å². The van der Waals surface area contributed by atoms with Gasteiger partial charge in [-0.15, -0.1) is 11.3 Å². The Bertz CT molecular complexity index is 690. The summed E-state index contributed by atoms with van der Waals surface area (Å²) in [5.74, 6) is 0.135. The molecule has 1 heterocycles. The van der Waals surface area contributed by atoms with E-state index < -0.39 is 6.03 Å². The van der Waals surface area contributed by atoms with Crippen molar-refractivity contribution in [1.82, 2.24) is 10.3 Å². The third-order valence-corrected chi connectivity index (χ3v) is 3.71. The van der Waals surface area contributed by atoms with Crippen LogP contribution in [0.3, 0.4) is 0 Å². The lowest BCUT2D eigenvalue weighted by Gasteiger charge is -2.12. The van der Waals surface area contributed by atoms with Gasteiger partial charge in [0.15, 0.2) is 5.13 Å². The van der Waals surface area contributed by atoms with Crippen molar-refractivity contribution in [2.45, 2.75) is 6.42 Å². The number of thiazole rings is 1. The van der Waals surface area contributed by atoms with Crippen molar-refractivity contribution in [3.8, 4) is 5.75 Å². The highest BCUT2D eigenvalue weighted by Crippen LogP contribution is 2.23. The predicted molar refractivity (Wildman–Crippen MR) is 93.8 cm³/mol. The number of carbonyl (C=O) groups excluding carboxylic acids is 2. The monoisotopic (exact) mass is 349 g/mol. The summed E-state index contributed by atoms with van der Waals surface area (Å²) in [6.07, 6.45) is 2.28. The lowest BCUT2D eigenvalue weighted by molar-refractivity contribution is 0.0950. The van der Waals surface area contributed by atoms with Crippen LogP contribution in [0.15, 0.2) is 29.8 Å². The minimum atomic E-state index is -0.440. The molecule has 0 aliphatic rings. The Morgan fingerprint density at radius 1 is 1.33 bits per heavy atom. The molecular weight excluding hydrogens is 330 g/mol. The lowest BCUT2D eigenvalue weighted by atomic mass is 10.1. The molecule has 0 unspecified atom stereocenters. The van der Waals surface area contributed by atoms with E-state index in [9.17, 15) is 9.59 Å². The molecule has 2 aromatic rings. The summed E-state index contributed by atoms with van der Waals surface area (Å²) >= 11 is 1.31. The average Bonchev–Trinajstić information content (AvgIpc) is 3.07. The first-order chi connectivity index (χ1) is 11.6. The van der Waals surface area contributed by atoms with E-state index in [1.165, 1.54) is 18.4 Å². The van der Waals surface area contributed by atoms with E-state index in [0.717, 1.165) is 0 Å². The first kappa shape index (κ1) is 17.7. The smallest absolute Gasteiger partial charge is 0.325 e. The number of nitrogens with two attached hydrogens (primary N) is 1. The van der Waals surface area contributed by atoms with Gasteiger partial charge >= 0.3 is 6.03 Å². The molecule has 24 heavy (non-hydrogen) atoms. The minimum Gasteiger partial charge on any atom is -0.496 e. The van der Waals surface area contributed by atoms with E-state index in [4.69, 9.17) is 10.5 Å². The molecule has 9 heteroatoms. The quantitative estimate of drug-likeness (QED) is 0.569. The molecule has 2 rings (SSSR count). The number of hydrogen-bond acceptors (Lipinski definition) is 6. The number of benzene rings is 1. The van der Waals surface area contributed by atoms with Crippen molar-refractivity contribution in [3.63, 3.8) is 0 Å². The van der Waals surface area contributed by atoms with Gasteiger partial charge in [-0.3, -0.25) is 10.1 Å². The second kappa shape index (κ2) is 8.85. The van der Waals surface area contributed by atoms with Gasteiger partial charge in [0.1, 0.15) is 5.75 Å². The van der Waals surface area contributed by atoms with Gasteiger partial charge in [-0.25, -0.2) is 9.78 Å². The van der Waals surface area contributed by atoms with E-state index in [1.54, 1.807) is 29.8 Å². The molecule has 0 aliphatic carbocycles. The topological polar surface area (TPSA) is 118 Å². The molecule has 128 valence electrons. The fourth-order valence-electron chi connectivity index (χ4n) is 1.91. The highest BCUT2D eigenvalue weighted by atomic mass is 32.1. The summed E-state index contributed by atoms with van der Waals surface area (Å²) in [7, 11) is 1.48. The van der Waals surface area contributed by atoms with E-state index in [-0.39, 0.29) is 5.91 Å². The van der Waals surface area contributed by atoms with Crippen LogP contribution in [0.5, 0.6) is 5.75 Å². The summed E-state index contributed by atoms with van der Waals surface area (Å²) in [4.78, 5) is 28.1. The maximum atomic E-state index is 12.2. The first-order valence-electron chi connectivity index (χ1n) is 7.28. The highest BCUT2D eigenvalue weighted by Gasteiger charge is 2.14. The summed E-state index contributed by atoms with van der Waals surface area (Å²) in [5, 5.41) is 10.3. The predicted octanol–water partition coefficient (Wildman–Crippen LogP) is 1.87. The SMILES string of the molecule is COc1ccc(NC(=O)Nc2nccs2)cc1C(=O)NCCCN. The molecule has 0 aliphatic heterocycles. The zero-order valence-electron chi connectivity index (χ0n) is 13.2. The summed E-state index contributed by atoms with van der Waals surface area (Å²) in [6.45, 7) is 0.969. The van der Waals surface area contributed by atoms with E-state index in [0.29, 0.717) is 41.6 Å². The van der Waals surface area contributed by atoms with Gasteiger partial charge in [-0.05, 0) is 31.2 Å². The van der Waals surface area contributed by atoms with Crippen molar-refractivity contribution in [2.24, 2.45) is 5.73 Å². The number of anilines is 2. The van der Waals surface area contributed by atoms with E-state index in [2.05, 4.69) is 20.9 Å². The molecule has 0 spiro atoms. The summed E-state index contributed by atoms with van der Waals surface area (Å²) < 4.78 is 5.20. The van der Waals surface area contributed by atoms with Crippen LogP contribution in [0, 0.1) is 0 Å². The summed E-state index contributed by atoms with van der Waals surface area (Å²) in [5.41, 5.74) is 6.21. The molecule has 3 amide bonds. The molecule has 8 nitrogen and oxygen atoms in total. The number of carbonyl (C=O) groups is 2. The average molecular weight is 349 g/mol. The Morgan fingerprint density at radius 2 is 2.17 bits per heavy atom. The van der Waals surface area contributed by atoms with Crippen molar-refractivity contribution in [1.29, 1.82) is 0 Å². The number of amides is 3. The fraction of sp³-hybridized carbons (Fsp3) is 0.267. The Labute approximate surface area is 143 Å². The molecule has 0 bridgehead atoms. The van der Waals surface area contributed by atoms with Gasteiger partial charge in [-0.1, -0.05) is 0 Å². The molecule has 0 saturated heterocycles. The minimum absolute atomic E-state index is 0.288. The van der Waals surface area contributed by atoms with Crippen LogP contribution in [-0.4, -0.2) is 37.1 Å². The number of nitrogens with zero attached hydrogens (tertiary/aromatic N) is 1. The van der Waals surface area contributed by atoms with Crippen LogP contribution < -0.4 is 26.4 Å². The molecule has 1 aromatic carbocycles. The number of urea groups is 1. The molecule has 1 aromatic heterocycles. The third kappa shape index (κ3) is 4.93. The number of ether oxygens (including phenoxy) is 1. The Balaban J connectivity index is 2.06. The molecule has 5 N–H and O–H groups in total. The van der Waals surface area contributed by atoms with Crippen molar-refractivity contribution >= 4 is 34.1 Å². The number of hydrogen-bond donors (Lipinski definition) is 4. The lowest BCUT2D eigenvalue weighted by Crippen LogP contribution is -2.26. The van der Waals surface area contributed by atoms with Crippen LogP contribution >= 0.6 is 11.3 Å². The molecule has 0 fully saturated rings. The molecular formula is C15H19N5O3S. The molecule has 0 atom stereocenters. The van der Waals surface area contributed by atoms with Crippen molar-refractivity contribution in [2.75, 3.05) is 30.8 Å². The Morgan fingerprint density at radius 3 is 2.83 bits per heavy atom. The second-order valence-corrected chi connectivity index (χ2v) is 5.62. The second-order valence-electron chi connectivity index (χ2n) is 4.73. The van der Waals surface area contributed by atoms with E-state index in [1.807, 2.05) is 0 Å². The molecule has 0 radical (unpaired) electrons. The van der Waals surface area contributed by atoms with Gasteiger partial charge in [0.05, 0.1) is 12.7 Å². The fourth-order valence-corrected chi connectivity index (χ4v) is 2.43. The zero-order valence-corrected chi connectivity index (χ0v) is 14.0. The van der Waals surface area contributed by atoms with Crippen LogP contribution in [0.25, 0.3) is 0 Å². The van der Waals surface area contributed by atoms with Gasteiger partial charge < -0.3 is 21.1 Å². The van der Waals surface area contributed by atoms with Crippen LogP contribution in [0.4, 0.5) is 15.6 Å². The van der Waals surface area contributed by atoms with Crippen LogP contribution in [0.2, 0.25) is 0 Å². The van der Waals surface area contributed by atoms with Crippen molar-refractivity contribution < 1.29 is 14.3 Å². The standard InChI is InChI=1S/C15H19N5O3S/c1-23-12-4-3-10(9-11(12)13(21)17-6-2-5-16)19-14(22)20-15-18-7-8-24-15/h3-4,7-9H,2,5-6,16H2,1H3,(H,17,21)(H2,18,19,20,22). The third-order valence-electron chi connectivity index (χ3n) is 3.02.